The van der Waals surface area contributed by atoms with Crippen molar-refractivity contribution in [2.75, 3.05) is 19.6 Å². The third-order valence-electron chi connectivity index (χ3n) is 2.90. The van der Waals surface area contributed by atoms with Crippen molar-refractivity contribution in [3.05, 3.63) is 33.8 Å². The van der Waals surface area contributed by atoms with E-state index < -0.39 is 17.8 Å². The van der Waals surface area contributed by atoms with Gasteiger partial charge in [-0.05, 0) is 30.2 Å². The summed E-state index contributed by atoms with van der Waals surface area (Å²) < 4.78 is 0. The first kappa shape index (κ1) is 15.6. The van der Waals surface area contributed by atoms with Gasteiger partial charge in [-0.3, -0.25) is 14.5 Å². The molecule has 1 aromatic rings. The summed E-state index contributed by atoms with van der Waals surface area (Å²) in [4.78, 5) is 35.2. The molecule has 0 radical (unpaired) electrons. The van der Waals surface area contributed by atoms with Gasteiger partial charge >= 0.3 is 6.03 Å². The van der Waals surface area contributed by atoms with Crippen LogP contribution in [0.15, 0.2) is 18.2 Å². The molecular formula is C13H13Cl2N3O3. The van der Waals surface area contributed by atoms with Gasteiger partial charge in [0.25, 0.3) is 5.91 Å². The number of carbonyl (C=O) groups is 3. The van der Waals surface area contributed by atoms with E-state index in [9.17, 15) is 14.4 Å². The fourth-order valence-corrected chi connectivity index (χ4v) is 2.49. The van der Waals surface area contributed by atoms with Gasteiger partial charge in [-0.1, -0.05) is 23.2 Å². The molecule has 0 unspecified atom stereocenters. The highest BCUT2D eigenvalue weighted by atomic mass is 35.5. The summed E-state index contributed by atoms with van der Waals surface area (Å²) >= 11 is 11.8. The summed E-state index contributed by atoms with van der Waals surface area (Å²) in [5.74, 6) is -0.801. The van der Waals surface area contributed by atoms with Crippen molar-refractivity contribution in [2.24, 2.45) is 0 Å². The van der Waals surface area contributed by atoms with Crippen molar-refractivity contribution in [1.29, 1.82) is 0 Å². The first-order valence-electron chi connectivity index (χ1n) is 6.25. The van der Waals surface area contributed by atoms with Crippen molar-refractivity contribution in [2.45, 2.75) is 6.42 Å². The van der Waals surface area contributed by atoms with E-state index in [-0.39, 0.29) is 13.1 Å². The maximum absolute atomic E-state index is 11.7. The smallest absolute Gasteiger partial charge is 0.325 e. The van der Waals surface area contributed by atoms with Crippen LogP contribution >= 0.6 is 23.2 Å². The molecule has 21 heavy (non-hydrogen) atoms. The van der Waals surface area contributed by atoms with Gasteiger partial charge in [0.05, 0.1) is 6.54 Å². The third-order valence-corrected chi connectivity index (χ3v) is 3.33. The molecule has 112 valence electrons. The highest BCUT2D eigenvalue weighted by Gasteiger charge is 2.29. The van der Waals surface area contributed by atoms with Crippen LogP contribution in [0.25, 0.3) is 0 Å². The predicted molar refractivity (Wildman–Crippen MR) is 78.3 cm³/mol. The molecule has 2 rings (SSSR count). The second-order valence-electron chi connectivity index (χ2n) is 4.52. The van der Waals surface area contributed by atoms with Crippen LogP contribution < -0.4 is 10.6 Å². The van der Waals surface area contributed by atoms with Gasteiger partial charge in [0.2, 0.25) is 5.91 Å². The molecule has 0 aromatic heterocycles. The van der Waals surface area contributed by atoms with Crippen molar-refractivity contribution in [3.8, 4) is 0 Å². The van der Waals surface area contributed by atoms with Crippen molar-refractivity contribution in [3.63, 3.8) is 0 Å². The van der Waals surface area contributed by atoms with Gasteiger partial charge in [0.15, 0.2) is 0 Å². The van der Waals surface area contributed by atoms with Gasteiger partial charge in [0, 0.05) is 16.6 Å². The van der Waals surface area contributed by atoms with E-state index in [0.717, 1.165) is 10.5 Å². The predicted octanol–water partition coefficient (Wildman–Crippen LogP) is 1.20. The lowest BCUT2D eigenvalue weighted by Gasteiger charge is -2.12. The molecule has 1 fully saturated rings. The van der Waals surface area contributed by atoms with Crippen molar-refractivity contribution in [1.82, 2.24) is 15.5 Å². The molecule has 0 aliphatic carbocycles. The topological polar surface area (TPSA) is 78.5 Å². The molecule has 0 saturated carbocycles. The zero-order valence-corrected chi connectivity index (χ0v) is 12.5. The Hall–Kier alpha value is -1.79. The van der Waals surface area contributed by atoms with Crippen molar-refractivity contribution < 1.29 is 14.4 Å². The van der Waals surface area contributed by atoms with Gasteiger partial charge in [-0.25, -0.2) is 4.79 Å². The second-order valence-corrected chi connectivity index (χ2v) is 5.39. The number of halogens is 2. The number of carbonyl (C=O) groups excluding carboxylic acids is 3. The molecular weight excluding hydrogens is 317 g/mol. The van der Waals surface area contributed by atoms with Crippen LogP contribution in [0.4, 0.5) is 4.79 Å². The summed E-state index contributed by atoms with van der Waals surface area (Å²) in [6, 6.07) is 4.61. The first-order valence-corrected chi connectivity index (χ1v) is 7.01. The lowest BCUT2D eigenvalue weighted by molar-refractivity contribution is -0.130. The average Bonchev–Trinajstić information content (AvgIpc) is 2.69. The Balaban J connectivity index is 1.79. The van der Waals surface area contributed by atoms with Gasteiger partial charge < -0.3 is 10.6 Å². The summed E-state index contributed by atoms with van der Waals surface area (Å²) in [5.41, 5.74) is 0.891. The van der Waals surface area contributed by atoms with Gasteiger partial charge in [-0.2, -0.15) is 0 Å². The van der Waals surface area contributed by atoms with Crippen LogP contribution in [0.3, 0.4) is 0 Å². The van der Waals surface area contributed by atoms with Crippen LogP contribution in [0.2, 0.25) is 10.0 Å². The van der Waals surface area contributed by atoms with E-state index in [1.165, 1.54) is 0 Å². The largest absolute Gasteiger partial charge is 0.354 e. The summed E-state index contributed by atoms with van der Waals surface area (Å²) in [5, 5.41) is 6.05. The summed E-state index contributed by atoms with van der Waals surface area (Å²) in [7, 11) is 0. The minimum Gasteiger partial charge on any atom is -0.354 e. The van der Waals surface area contributed by atoms with Crippen LogP contribution in [0.5, 0.6) is 0 Å². The third kappa shape index (κ3) is 4.34. The minimum atomic E-state index is -0.545. The number of hydrogen-bond donors (Lipinski definition) is 2. The van der Waals surface area contributed by atoms with E-state index in [2.05, 4.69) is 10.6 Å². The lowest BCUT2D eigenvalue weighted by Crippen LogP contribution is -2.41. The van der Waals surface area contributed by atoms with E-state index in [1.807, 2.05) is 0 Å². The molecule has 2 N–H and O–H groups in total. The molecule has 1 aromatic carbocycles. The minimum absolute atomic E-state index is 0.0624. The fourth-order valence-electron chi connectivity index (χ4n) is 1.92. The Bertz CT molecular complexity index is 556. The number of nitrogens with zero attached hydrogens (tertiary/aromatic N) is 1. The Morgan fingerprint density at radius 1 is 1.24 bits per heavy atom. The number of imide groups is 1. The van der Waals surface area contributed by atoms with Crippen LogP contribution in [0.1, 0.15) is 5.56 Å². The Morgan fingerprint density at radius 2 is 1.90 bits per heavy atom. The molecule has 0 atom stereocenters. The summed E-state index contributed by atoms with van der Waals surface area (Å²) in [6.45, 7) is 0.0211. The number of rotatable bonds is 5. The maximum atomic E-state index is 11.7. The molecule has 1 aliphatic heterocycles. The molecule has 0 spiro atoms. The average molecular weight is 330 g/mol. The molecule has 1 aliphatic rings. The lowest BCUT2D eigenvalue weighted by atomic mass is 10.1. The number of nitrogens with one attached hydrogen (secondary N) is 2. The van der Waals surface area contributed by atoms with Crippen LogP contribution in [-0.4, -0.2) is 42.4 Å². The number of amides is 4. The SMILES string of the molecule is O=C(CN1C(=O)CNC1=O)NCCc1cc(Cl)cc(Cl)c1. The molecule has 0 bridgehead atoms. The Labute approximate surface area is 131 Å². The zero-order chi connectivity index (χ0) is 15.4. The van der Waals surface area contributed by atoms with Crippen molar-refractivity contribution >= 4 is 41.0 Å². The number of urea groups is 1. The molecule has 1 heterocycles. The normalized spacial score (nSPS) is 14.3. The van der Waals surface area contributed by atoms with Crippen LogP contribution in [0, 0.1) is 0 Å². The quantitative estimate of drug-likeness (QED) is 0.797. The van der Waals surface area contributed by atoms with Gasteiger partial charge in [-0.15, -0.1) is 0 Å². The number of benzene rings is 1. The highest BCUT2D eigenvalue weighted by Crippen LogP contribution is 2.19. The highest BCUT2D eigenvalue weighted by molar-refractivity contribution is 6.34. The molecule has 4 amide bonds. The number of hydrogen-bond acceptors (Lipinski definition) is 3. The van der Waals surface area contributed by atoms with Gasteiger partial charge in [0.1, 0.15) is 6.54 Å². The standard InChI is InChI=1S/C13H13Cl2N3O3/c14-9-3-8(4-10(15)5-9)1-2-16-11(19)7-18-12(20)6-17-13(18)21/h3-5H,1-2,6-7H2,(H,16,19)(H,17,21). The second kappa shape index (κ2) is 6.78. The first-order chi connectivity index (χ1) is 9.95. The zero-order valence-electron chi connectivity index (χ0n) is 11.0. The monoisotopic (exact) mass is 329 g/mol. The molecule has 6 nitrogen and oxygen atoms in total. The van der Waals surface area contributed by atoms with Crippen LogP contribution in [-0.2, 0) is 16.0 Å². The maximum Gasteiger partial charge on any atom is 0.325 e. The Morgan fingerprint density at radius 3 is 2.48 bits per heavy atom. The Kier molecular flexibility index (Phi) is 5.03. The molecule has 8 heteroatoms. The van der Waals surface area contributed by atoms with E-state index >= 15 is 0 Å². The molecule has 1 saturated heterocycles. The summed E-state index contributed by atoms with van der Waals surface area (Å²) in [6.07, 6.45) is 0.548. The fraction of sp³-hybridized carbons (Fsp3) is 0.308. The van der Waals surface area contributed by atoms with E-state index in [4.69, 9.17) is 23.2 Å². The van der Waals surface area contributed by atoms with E-state index in [1.54, 1.807) is 18.2 Å². The van der Waals surface area contributed by atoms with E-state index in [0.29, 0.717) is 23.0 Å².